The molecule has 0 amide bonds. The molecule has 0 N–H and O–H groups in total. The normalized spacial score (nSPS) is 20.7. The van der Waals surface area contributed by atoms with Gasteiger partial charge >= 0.3 is 13.1 Å². The molecule has 1 saturated heterocycles. The molecule has 0 saturated carbocycles. The maximum Gasteiger partial charge on any atom is 0.459 e. The van der Waals surface area contributed by atoms with E-state index in [4.69, 9.17) is 14.0 Å². The number of carbonyl (C=O) groups is 1. The summed E-state index contributed by atoms with van der Waals surface area (Å²) in [5.41, 5.74) is 1.28. The van der Waals surface area contributed by atoms with Crippen molar-refractivity contribution in [3.05, 3.63) is 35.4 Å². The van der Waals surface area contributed by atoms with Gasteiger partial charge in [0.25, 0.3) is 0 Å². The van der Waals surface area contributed by atoms with E-state index in [-0.39, 0.29) is 11.9 Å². The van der Waals surface area contributed by atoms with Gasteiger partial charge < -0.3 is 14.0 Å². The van der Waals surface area contributed by atoms with Crippen LogP contribution in [0.2, 0.25) is 6.32 Å². The molecule has 0 bridgehead atoms. The van der Waals surface area contributed by atoms with Crippen molar-refractivity contribution in [2.24, 2.45) is 0 Å². The summed E-state index contributed by atoms with van der Waals surface area (Å²) < 4.78 is 17.0. The van der Waals surface area contributed by atoms with Gasteiger partial charge in [0.2, 0.25) is 0 Å². The first-order chi connectivity index (χ1) is 10.2. The minimum Gasteiger partial charge on any atom is -0.469 e. The molecule has 0 aromatic heterocycles. The zero-order valence-corrected chi connectivity index (χ0v) is 14.3. The maximum atomic E-state index is 12.2. The van der Waals surface area contributed by atoms with Gasteiger partial charge in [-0.25, -0.2) is 0 Å². The Morgan fingerprint density at radius 2 is 1.64 bits per heavy atom. The van der Waals surface area contributed by atoms with Crippen molar-refractivity contribution >= 4 is 13.1 Å². The number of benzene rings is 1. The molecule has 0 aliphatic carbocycles. The SMILES string of the molecule is COC(=O)[C@H](CB1OC(C)(C)C(C)(C)O1)c1ccc(C)cc1. The number of rotatable bonds is 4. The Balaban J connectivity index is 2.19. The summed E-state index contributed by atoms with van der Waals surface area (Å²) in [7, 11) is 0.990. The van der Waals surface area contributed by atoms with Crippen LogP contribution in [0.1, 0.15) is 44.7 Å². The van der Waals surface area contributed by atoms with Gasteiger partial charge in [-0.15, -0.1) is 0 Å². The topological polar surface area (TPSA) is 44.8 Å². The van der Waals surface area contributed by atoms with Crippen LogP contribution in [0.4, 0.5) is 0 Å². The Hall–Kier alpha value is -1.33. The number of esters is 1. The van der Waals surface area contributed by atoms with E-state index >= 15 is 0 Å². The summed E-state index contributed by atoms with van der Waals surface area (Å²) in [6.07, 6.45) is 0.447. The van der Waals surface area contributed by atoms with Crippen LogP contribution in [0.5, 0.6) is 0 Å². The van der Waals surface area contributed by atoms with Crippen LogP contribution in [0.25, 0.3) is 0 Å². The van der Waals surface area contributed by atoms with Gasteiger partial charge in [-0.2, -0.15) is 0 Å². The van der Waals surface area contributed by atoms with Crippen molar-refractivity contribution in [1.82, 2.24) is 0 Å². The van der Waals surface area contributed by atoms with Crippen molar-refractivity contribution in [2.75, 3.05) is 7.11 Å². The molecule has 1 heterocycles. The minimum atomic E-state index is -0.421. The molecule has 0 radical (unpaired) electrons. The number of ether oxygens (including phenoxy) is 1. The van der Waals surface area contributed by atoms with Crippen LogP contribution in [0.15, 0.2) is 24.3 Å². The van der Waals surface area contributed by atoms with Gasteiger partial charge in [0.1, 0.15) is 0 Å². The van der Waals surface area contributed by atoms with Gasteiger partial charge in [0.15, 0.2) is 0 Å². The van der Waals surface area contributed by atoms with Crippen LogP contribution >= 0.6 is 0 Å². The second-order valence-corrected chi connectivity index (χ2v) is 6.91. The lowest BCUT2D eigenvalue weighted by Crippen LogP contribution is -2.41. The molecule has 1 aliphatic rings. The first-order valence-electron chi connectivity index (χ1n) is 7.66. The lowest BCUT2D eigenvalue weighted by atomic mass is 9.74. The molecular weight excluding hydrogens is 279 g/mol. The summed E-state index contributed by atoms with van der Waals surface area (Å²) >= 11 is 0. The summed E-state index contributed by atoms with van der Waals surface area (Å²) in [6, 6.07) is 7.91. The van der Waals surface area contributed by atoms with E-state index in [1.165, 1.54) is 7.11 Å². The lowest BCUT2D eigenvalue weighted by Gasteiger charge is -2.32. The highest BCUT2D eigenvalue weighted by atomic mass is 16.7. The quantitative estimate of drug-likeness (QED) is 0.632. The fourth-order valence-corrected chi connectivity index (χ4v) is 2.56. The zero-order valence-electron chi connectivity index (χ0n) is 14.3. The lowest BCUT2D eigenvalue weighted by molar-refractivity contribution is -0.142. The highest BCUT2D eigenvalue weighted by Gasteiger charge is 2.52. The Bertz CT molecular complexity index is 520. The summed E-state index contributed by atoms with van der Waals surface area (Å²) in [6.45, 7) is 10.0. The van der Waals surface area contributed by atoms with Crippen molar-refractivity contribution < 1.29 is 18.8 Å². The third-order valence-electron chi connectivity index (χ3n) is 4.70. The van der Waals surface area contributed by atoms with E-state index in [9.17, 15) is 4.79 Å². The van der Waals surface area contributed by atoms with Crippen LogP contribution in [0.3, 0.4) is 0 Å². The fraction of sp³-hybridized carbons (Fsp3) is 0.588. The molecule has 1 aliphatic heterocycles. The third-order valence-corrected chi connectivity index (χ3v) is 4.70. The molecular formula is C17H25BO4. The van der Waals surface area contributed by atoms with Crippen molar-refractivity contribution in [3.8, 4) is 0 Å². The zero-order chi connectivity index (χ0) is 16.5. The number of methoxy groups -OCH3 is 1. The maximum absolute atomic E-state index is 12.2. The first kappa shape index (κ1) is 17.0. The minimum absolute atomic E-state index is 0.265. The average molecular weight is 304 g/mol. The Kier molecular flexibility index (Phi) is 4.69. The van der Waals surface area contributed by atoms with E-state index in [1.54, 1.807) is 0 Å². The number of hydrogen-bond donors (Lipinski definition) is 0. The summed E-state index contributed by atoms with van der Waals surface area (Å²) in [5.74, 6) is -0.654. The molecule has 0 unspecified atom stereocenters. The van der Waals surface area contributed by atoms with E-state index < -0.39 is 18.3 Å². The van der Waals surface area contributed by atoms with Gasteiger partial charge in [0.05, 0.1) is 24.2 Å². The summed E-state index contributed by atoms with van der Waals surface area (Å²) in [5, 5.41) is 0. The van der Waals surface area contributed by atoms with Gasteiger partial charge in [0, 0.05) is 0 Å². The molecule has 1 aromatic rings. The predicted molar refractivity (Wildman–Crippen MR) is 86.8 cm³/mol. The average Bonchev–Trinajstić information content (AvgIpc) is 2.64. The van der Waals surface area contributed by atoms with Crippen LogP contribution in [0, 0.1) is 6.92 Å². The van der Waals surface area contributed by atoms with Crippen LogP contribution in [-0.4, -0.2) is 31.4 Å². The number of aryl methyl sites for hydroxylation is 1. The van der Waals surface area contributed by atoms with E-state index in [1.807, 2.05) is 58.9 Å². The molecule has 1 fully saturated rings. The molecule has 120 valence electrons. The van der Waals surface area contributed by atoms with Gasteiger partial charge in [-0.05, 0) is 46.5 Å². The standard InChI is InChI=1S/C17H25BO4/c1-12-7-9-13(10-8-12)14(15(19)20-6)11-18-21-16(2,3)17(4,5)22-18/h7-10,14H,11H2,1-6H3/t14-/m1/s1. The van der Waals surface area contributed by atoms with E-state index in [2.05, 4.69) is 0 Å². The second kappa shape index (κ2) is 6.05. The van der Waals surface area contributed by atoms with Gasteiger partial charge in [-0.3, -0.25) is 4.79 Å². The number of hydrogen-bond acceptors (Lipinski definition) is 4. The highest BCUT2D eigenvalue weighted by molar-refractivity contribution is 6.46. The predicted octanol–water partition coefficient (Wildman–Crippen LogP) is 3.34. The van der Waals surface area contributed by atoms with Crippen molar-refractivity contribution in [3.63, 3.8) is 0 Å². The molecule has 1 aromatic carbocycles. The fourth-order valence-electron chi connectivity index (χ4n) is 2.56. The van der Waals surface area contributed by atoms with Crippen LogP contribution in [-0.2, 0) is 18.8 Å². The molecule has 0 spiro atoms. The van der Waals surface area contributed by atoms with Gasteiger partial charge in [-0.1, -0.05) is 29.8 Å². The molecule has 2 rings (SSSR count). The van der Waals surface area contributed by atoms with Crippen LogP contribution < -0.4 is 0 Å². The third kappa shape index (κ3) is 3.36. The molecule has 4 nitrogen and oxygen atoms in total. The van der Waals surface area contributed by atoms with Crippen molar-refractivity contribution in [1.29, 1.82) is 0 Å². The van der Waals surface area contributed by atoms with E-state index in [0.717, 1.165) is 11.1 Å². The highest BCUT2D eigenvalue weighted by Crippen LogP contribution is 2.39. The molecule has 22 heavy (non-hydrogen) atoms. The smallest absolute Gasteiger partial charge is 0.459 e. The monoisotopic (exact) mass is 304 g/mol. The largest absolute Gasteiger partial charge is 0.469 e. The summed E-state index contributed by atoms with van der Waals surface area (Å²) in [4.78, 5) is 12.2. The Morgan fingerprint density at radius 1 is 1.14 bits per heavy atom. The first-order valence-corrected chi connectivity index (χ1v) is 7.66. The molecule has 5 heteroatoms. The van der Waals surface area contributed by atoms with E-state index in [0.29, 0.717) is 6.32 Å². The second-order valence-electron chi connectivity index (χ2n) is 6.91. The number of carbonyl (C=O) groups excluding carboxylic acids is 1. The molecule has 1 atom stereocenters. The Morgan fingerprint density at radius 3 is 2.09 bits per heavy atom. The Labute approximate surface area is 133 Å². The van der Waals surface area contributed by atoms with Crippen molar-refractivity contribution in [2.45, 2.75) is 58.1 Å².